The van der Waals surface area contributed by atoms with E-state index < -0.39 is 0 Å². The Labute approximate surface area is 291 Å². The number of piperazine rings is 1. The first kappa shape index (κ1) is 33.2. The fourth-order valence-electron chi connectivity index (χ4n) is 6.83. The maximum Gasteiger partial charge on any atom is 0.255 e. The lowest BCUT2D eigenvalue weighted by Gasteiger charge is -2.32. The molecule has 1 saturated heterocycles. The number of carbonyl (C=O) groups excluding carboxylic acids is 2. The number of rotatable bonds is 9. The van der Waals surface area contributed by atoms with Gasteiger partial charge >= 0.3 is 0 Å². The topological polar surface area (TPSA) is 144 Å². The molecule has 1 aliphatic heterocycles. The molecule has 0 radical (unpaired) electrons. The molecule has 3 aromatic carbocycles. The molecule has 50 heavy (non-hydrogen) atoms. The lowest BCUT2D eigenvalue weighted by Crippen LogP contribution is -2.43. The predicted octanol–water partition coefficient (Wildman–Crippen LogP) is 5.45. The monoisotopic (exact) mass is 673 g/mol. The number of ether oxygens (including phenoxy) is 1. The number of anilines is 3. The Hall–Kier alpha value is -5.33. The molecule has 0 spiro atoms. The molecule has 2 aliphatic rings. The van der Waals surface area contributed by atoms with Gasteiger partial charge in [-0.05, 0) is 74.7 Å². The van der Waals surface area contributed by atoms with Crippen molar-refractivity contribution in [1.29, 1.82) is 0 Å². The van der Waals surface area contributed by atoms with Crippen molar-refractivity contribution >= 4 is 40.2 Å². The van der Waals surface area contributed by atoms with Crippen LogP contribution in [0, 0.1) is 5.92 Å². The number of hydrogen-bond acceptors (Lipinski definition) is 9. The van der Waals surface area contributed by atoms with Crippen LogP contribution in [0.15, 0.2) is 79.1 Å². The van der Waals surface area contributed by atoms with Gasteiger partial charge < -0.3 is 30.6 Å². The zero-order valence-corrected chi connectivity index (χ0v) is 28.5. The van der Waals surface area contributed by atoms with Crippen molar-refractivity contribution in [2.45, 2.75) is 38.3 Å². The Morgan fingerprint density at radius 1 is 0.880 bits per heavy atom. The zero-order valence-electron chi connectivity index (χ0n) is 28.5. The van der Waals surface area contributed by atoms with Gasteiger partial charge in [-0.2, -0.15) is 0 Å². The fraction of sp³-hybridized carbons (Fsp3) is 0.342. The molecule has 7 rings (SSSR count). The summed E-state index contributed by atoms with van der Waals surface area (Å²) in [6, 6.07) is 22.8. The highest BCUT2D eigenvalue weighted by molar-refractivity contribution is 6.04. The van der Waals surface area contributed by atoms with Gasteiger partial charge in [-0.25, -0.2) is 15.0 Å². The van der Waals surface area contributed by atoms with Gasteiger partial charge in [0.05, 0.1) is 13.4 Å². The first-order valence-corrected chi connectivity index (χ1v) is 17.2. The Morgan fingerprint density at radius 2 is 1.62 bits per heavy atom. The molecule has 1 aliphatic carbocycles. The molecule has 0 unspecified atom stereocenters. The minimum Gasteiger partial charge on any atom is -0.497 e. The molecule has 5 aromatic rings. The number of benzene rings is 3. The van der Waals surface area contributed by atoms with Gasteiger partial charge in [-0.15, -0.1) is 0 Å². The maximum absolute atomic E-state index is 13.1. The van der Waals surface area contributed by atoms with Crippen LogP contribution in [-0.2, 0) is 11.3 Å². The number of methoxy groups -OCH3 is 1. The van der Waals surface area contributed by atoms with Crippen molar-refractivity contribution in [3.05, 3.63) is 90.3 Å². The molecule has 258 valence electrons. The Bertz CT molecular complexity index is 1960. The number of likely N-dealkylation sites (N-methyl/N-ethyl adjacent to an activating group) is 1. The summed E-state index contributed by atoms with van der Waals surface area (Å²) in [5.41, 5.74) is 11.6. The zero-order chi connectivity index (χ0) is 34.6. The summed E-state index contributed by atoms with van der Waals surface area (Å²) in [6.07, 6.45) is 4.89. The largest absolute Gasteiger partial charge is 0.497 e. The first-order chi connectivity index (χ1) is 24.3. The van der Waals surface area contributed by atoms with E-state index in [1.165, 1.54) is 5.56 Å². The third-order valence-corrected chi connectivity index (χ3v) is 9.87. The third-order valence-electron chi connectivity index (χ3n) is 9.87. The number of imidazole rings is 1. The number of nitrogens with one attached hydrogen (secondary N) is 2. The van der Waals surface area contributed by atoms with Crippen molar-refractivity contribution in [2.75, 3.05) is 56.7 Å². The van der Waals surface area contributed by atoms with Gasteiger partial charge in [0.25, 0.3) is 5.91 Å². The van der Waals surface area contributed by atoms with Crippen LogP contribution in [0.2, 0.25) is 0 Å². The molecule has 12 nitrogen and oxygen atoms in total. The van der Waals surface area contributed by atoms with Crippen LogP contribution in [0.4, 0.5) is 17.2 Å². The van der Waals surface area contributed by atoms with E-state index in [4.69, 9.17) is 15.5 Å². The number of nitrogens with zero attached hydrogens (tertiary/aromatic N) is 6. The average Bonchev–Trinajstić information content (AvgIpc) is 3.58. The molecule has 3 heterocycles. The fourth-order valence-corrected chi connectivity index (χ4v) is 6.83. The second-order valence-corrected chi connectivity index (χ2v) is 13.3. The summed E-state index contributed by atoms with van der Waals surface area (Å²) in [4.78, 5) is 44.8. The van der Waals surface area contributed by atoms with Crippen LogP contribution in [-0.4, -0.2) is 81.5 Å². The van der Waals surface area contributed by atoms with Gasteiger partial charge in [-0.1, -0.05) is 30.3 Å². The molecular weight excluding hydrogens is 630 g/mol. The molecule has 2 amide bonds. The summed E-state index contributed by atoms with van der Waals surface area (Å²) < 4.78 is 7.34. The molecule has 2 fully saturated rings. The Balaban J connectivity index is 0.977. The summed E-state index contributed by atoms with van der Waals surface area (Å²) in [5.74, 6) is 1.22. The van der Waals surface area contributed by atoms with E-state index in [-0.39, 0.29) is 23.8 Å². The second kappa shape index (κ2) is 14.7. The van der Waals surface area contributed by atoms with Crippen molar-refractivity contribution in [2.24, 2.45) is 5.92 Å². The van der Waals surface area contributed by atoms with Crippen molar-refractivity contribution < 1.29 is 14.3 Å². The summed E-state index contributed by atoms with van der Waals surface area (Å²) >= 11 is 0. The van der Waals surface area contributed by atoms with Gasteiger partial charge in [0.1, 0.15) is 11.3 Å². The molecular formula is C38H43N9O3. The van der Waals surface area contributed by atoms with E-state index in [1.807, 2.05) is 48.5 Å². The quantitative estimate of drug-likeness (QED) is 0.186. The van der Waals surface area contributed by atoms with Gasteiger partial charge in [0.2, 0.25) is 5.91 Å². The highest BCUT2D eigenvalue weighted by Gasteiger charge is 2.29. The third kappa shape index (κ3) is 7.46. The number of nitrogen functional groups attached to an aromatic ring is 1. The van der Waals surface area contributed by atoms with E-state index in [1.54, 1.807) is 25.6 Å². The van der Waals surface area contributed by atoms with E-state index >= 15 is 0 Å². The highest BCUT2D eigenvalue weighted by Crippen LogP contribution is 2.35. The van der Waals surface area contributed by atoms with Crippen LogP contribution >= 0.6 is 0 Å². The van der Waals surface area contributed by atoms with Crippen LogP contribution < -0.4 is 21.1 Å². The second-order valence-electron chi connectivity index (χ2n) is 13.3. The van der Waals surface area contributed by atoms with Gasteiger partial charge in [-0.3, -0.25) is 14.5 Å². The number of amides is 2. The molecule has 4 N–H and O–H groups in total. The summed E-state index contributed by atoms with van der Waals surface area (Å²) in [7, 11) is 3.77. The first-order valence-electron chi connectivity index (χ1n) is 17.2. The number of aromatic nitrogens is 4. The Kier molecular flexibility index (Phi) is 9.72. The highest BCUT2D eigenvalue weighted by atomic mass is 16.5. The lowest BCUT2D eigenvalue weighted by molar-refractivity contribution is -0.121. The molecule has 12 heteroatoms. The SMILES string of the molecule is COc1cccc(NC(=O)[C@H]2CC[C@@H](n3cnc4c(N)nc(-c5ccc(C(=O)Nc6ccc(CN7CCN(C)CC7)cc6)cc5)nc43)CC2)c1. The number of hydrogen-bond donors (Lipinski definition) is 3. The number of carbonyl (C=O) groups is 2. The Morgan fingerprint density at radius 3 is 2.34 bits per heavy atom. The predicted molar refractivity (Wildman–Crippen MR) is 195 cm³/mol. The van der Waals surface area contributed by atoms with E-state index in [0.717, 1.165) is 75.3 Å². The molecule has 0 bridgehead atoms. The molecule has 1 saturated carbocycles. The van der Waals surface area contributed by atoms with Gasteiger partial charge in [0.15, 0.2) is 17.3 Å². The standard InChI is InChI=1S/C38H43N9O3/c1-45-18-20-46(21-19-45)23-25-6-14-29(15-7-25)41-37(48)27-10-8-26(9-11-27)35-43-34(39)33-36(44-35)47(24-40-33)31-16-12-28(13-17-31)38(49)42-30-4-3-5-32(22-30)50-2/h3-11,14-15,22,24,28,31H,12-13,16-21,23H2,1-2H3,(H,41,48)(H,42,49)(H2,39,43,44)/t28-,31+. The number of fused-ring (bicyclic) bond motifs is 1. The minimum atomic E-state index is -0.190. The number of nitrogens with two attached hydrogens (primary N) is 1. The maximum atomic E-state index is 13.1. The van der Waals surface area contributed by atoms with E-state index in [9.17, 15) is 9.59 Å². The van der Waals surface area contributed by atoms with Crippen molar-refractivity contribution in [3.63, 3.8) is 0 Å². The average molecular weight is 674 g/mol. The van der Waals surface area contributed by atoms with E-state index in [0.29, 0.717) is 34.1 Å². The minimum absolute atomic E-state index is 0.0211. The summed E-state index contributed by atoms with van der Waals surface area (Å²) in [6.45, 7) is 5.21. The molecule has 2 aromatic heterocycles. The van der Waals surface area contributed by atoms with Crippen molar-refractivity contribution in [1.82, 2.24) is 29.3 Å². The van der Waals surface area contributed by atoms with E-state index in [2.05, 4.69) is 54.1 Å². The van der Waals surface area contributed by atoms with Crippen LogP contribution in [0.1, 0.15) is 47.6 Å². The van der Waals surface area contributed by atoms with Crippen LogP contribution in [0.5, 0.6) is 5.75 Å². The molecule has 0 atom stereocenters. The van der Waals surface area contributed by atoms with Gasteiger partial charge in [0, 0.05) is 73.3 Å². The smallest absolute Gasteiger partial charge is 0.255 e. The van der Waals surface area contributed by atoms with Crippen molar-refractivity contribution in [3.8, 4) is 17.1 Å². The normalized spacial score (nSPS) is 18.5. The lowest BCUT2D eigenvalue weighted by atomic mass is 9.85. The van der Waals surface area contributed by atoms with Crippen LogP contribution in [0.3, 0.4) is 0 Å². The summed E-state index contributed by atoms with van der Waals surface area (Å²) in [5, 5.41) is 6.04. The van der Waals surface area contributed by atoms with Crippen LogP contribution in [0.25, 0.3) is 22.6 Å².